The van der Waals surface area contributed by atoms with Crippen molar-refractivity contribution < 1.29 is 9.15 Å². The fourth-order valence-electron chi connectivity index (χ4n) is 1.72. The lowest BCUT2D eigenvalue weighted by Gasteiger charge is -1.99. The lowest BCUT2D eigenvalue weighted by molar-refractivity contribution is 0.417. The Bertz CT molecular complexity index is 672. The SMILES string of the molecule is COc1cccn2cc(-c3ccc(Cl)o3)nc12. The van der Waals surface area contributed by atoms with Crippen LogP contribution in [0.4, 0.5) is 0 Å². The zero-order valence-electron chi connectivity index (χ0n) is 9.05. The van der Waals surface area contributed by atoms with Gasteiger partial charge >= 0.3 is 0 Å². The van der Waals surface area contributed by atoms with Crippen molar-refractivity contribution in [2.45, 2.75) is 0 Å². The molecule has 17 heavy (non-hydrogen) atoms. The van der Waals surface area contributed by atoms with Crippen molar-refractivity contribution >= 4 is 17.2 Å². The molecule has 0 radical (unpaired) electrons. The summed E-state index contributed by atoms with van der Waals surface area (Å²) in [5.74, 6) is 1.36. The molecule has 0 unspecified atom stereocenters. The summed E-state index contributed by atoms with van der Waals surface area (Å²) in [5.41, 5.74) is 1.47. The van der Waals surface area contributed by atoms with E-state index in [9.17, 15) is 0 Å². The molecular weight excluding hydrogens is 240 g/mol. The Labute approximate surface area is 102 Å². The summed E-state index contributed by atoms with van der Waals surface area (Å²) in [7, 11) is 1.62. The molecule has 0 aliphatic carbocycles. The van der Waals surface area contributed by atoms with Gasteiger partial charge in [-0.25, -0.2) is 4.98 Å². The number of rotatable bonds is 2. The van der Waals surface area contributed by atoms with Crippen LogP contribution in [0.3, 0.4) is 0 Å². The molecule has 0 saturated heterocycles. The molecule has 0 bridgehead atoms. The van der Waals surface area contributed by atoms with Crippen LogP contribution in [0.5, 0.6) is 5.75 Å². The van der Waals surface area contributed by atoms with E-state index in [2.05, 4.69) is 4.98 Å². The first-order valence-electron chi connectivity index (χ1n) is 5.05. The molecule has 0 aliphatic rings. The molecule has 3 aromatic rings. The molecule has 0 saturated carbocycles. The summed E-state index contributed by atoms with van der Waals surface area (Å²) >= 11 is 5.74. The van der Waals surface area contributed by atoms with E-state index in [0.717, 1.165) is 17.1 Å². The Morgan fingerprint density at radius 1 is 1.35 bits per heavy atom. The van der Waals surface area contributed by atoms with Gasteiger partial charge in [-0.05, 0) is 35.9 Å². The van der Waals surface area contributed by atoms with E-state index < -0.39 is 0 Å². The van der Waals surface area contributed by atoms with Crippen LogP contribution >= 0.6 is 11.6 Å². The summed E-state index contributed by atoms with van der Waals surface area (Å²) in [6, 6.07) is 7.24. The molecular formula is C12H9ClN2O2. The van der Waals surface area contributed by atoms with Gasteiger partial charge in [-0.3, -0.25) is 0 Å². The van der Waals surface area contributed by atoms with E-state index >= 15 is 0 Å². The van der Waals surface area contributed by atoms with E-state index in [-0.39, 0.29) is 0 Å². The molecule has 4 nitrogen and oxygen atoms in total. The minimum absolute atomic E-state index is 0.351. The van der Waals surface area contributed by atoms with Gasteiger partial charge in [-0.15, -0.1) is 0 Å². The zero-order valence-corrected chi connectivity index (χ0v) is 9.81. The Balaban J connectivity index is 2.19. The van der Waals surface area contributed by atoms with Crippen LogP contribution in [-0.2, 0) is 0 Å². The predicted octanol–water partition coefficient (Wildman–Crippen LogP) is 3.26. The summed E-state index contributed by atoms with van der Waals surface area (Å²) in [6.45, 7) is 0. The maximum Gasteiger partial charge on any atom is 0.194 e. The Kier molecular flexibility index (Phi) is 2.30. The number of nitrogens with zero attached hydrogens (tertiary/aromatic N) is 2. The van der Waals surface area contributed by atoms with Gasteiger partial charge in [0, 0.05) is 12.4 Å². The second-order valence-electron chi connectivity index (χ2n) is 3.54. The number of halogens is 1. The molecule has 3 heterocycles. The first-order chi connectivity index (χ1) is 8.28. The zero-order chi connectivity index (χ0) is 11.8. The van der Waals surface area contributed by atoms with Gasteiger partial charge in [0.1, 0.15) is 5.69 Å². The van der Waals surface area contributed by atoms with Crippen molar-refractivity contribution in [3.8, 4) is 17.2 Å². The van der Waals surface area contributed by atoms with Crippen molar-refractivity contribution in [1.82, 2.24) is 9.38 Å². The van der Waals surface area contributed by atoms with Gasteiger partial charge in [-0.2, -0.15) is 0 Å². The molecule has 0 atom stereocenters. The number of fused-ring (bicyclic) bond motifs is 1. The van der Waals surface area contributed by atoms with Crippen molar-refractivity contribution in [2.75, 3.05) is 7.11 Å². The van der Waals surface area contributed by atoms with Crippen LogP contribution in [-0.4, -0.2) is 16.5 Å². The molecule has 0 amide bonds. The van der Waals surface area contributed by atoms with Gasteiger partial charge in [-0.1, -0.05) is 0 Å². The largest absolute Gasteiger partial charge is 0.493 e. The van der Waals surface area contributed by atoms with E-state index in [1.165, 1.54) is 0 Å². The first kappa shape index (κ1) is 10.2. The second kappa shape index (κ2) is 3.82. The predicted molar refractivity (Wildman–Crippen MR) is 64.5 cm³/mol. The van der Waals surface area contributed by atoms with E-state index in [1.54, 1.807) is 19.2 Å². The van der Waals surface area contributed by atoms with Gasteiger partial charge in [0.25, 0.3) is 0 Å². The number of hydrogen-bond donors (Lipinski definition) is 0. The number of furan rings is 1. The third-order valence-corrected chi connectivity index (χ3v) is 2.70. The average molecular weight is 249 g/mol. The highest BCUT2D eigenvalue weighted by molar-refractivity contribution is 6.28. The van der Waals surface area contributed by atoms with Gasteiger partial charge in [0.2, 0.25) is 0 Å². The third kappa shape index (κ3) is 1.66. The number of pyridine rings is 1. The van der Waals surface area contributed by atoms with Crippen molar-refractivity contribution in [2.24, 2.45) is 0 Å². The van der Waals surface area contributed by atoms with Crippen LogP contribution in [0.1, 0.15) is 0 Å². The lowest BCUT2D eigenvalue weighted by atomic mass is 10.4. The summed E-state index contributed by atoms with van der Waals surface area (Å²) in [6.07, 6.45) is 3.77. The van der Waals surface area contributed by atoms with Crippen LogP contribution in [0.15, 0.2) is 41.1 Å². The monoisotopic (exact) mass is 248 g/mol. The number of imidazole rings is 1. The maximum atomic E-state index is 5.74. The number of ether oxygens (including phenoxy) is 1. The number of methoxy groups -OCH3 is 1. The van der Waals surface area contributed by atoms with Crippen LogP contribution in [0, 0.1) is 0 Å². The highest BCUT2D eigenvalue weighted by Gasteiger charge is 2.10. The highest BCUT2D eigenvalue weighted by atomic mass is 35.5. The number of aromatic nitrogens is 2. The van der Waals surface area contributed by atoms with Crippen LogP contribution in [0.2, 0.25) is 5.22 Å². The summed E-state index contributed by atoms with van der Waals surface area (Å²) < 4.78 is 12.4. The minimum Gasteiger partial charge on any atom is -0.493 e. The Morgan fingerprint density at radius 3 is 2.94 bits per heavy atom. The molecule has 0 aliphatic heterocycles. The quantitative estimate of drug-likeness (QED) is 0.699. The smallest absolute Gasteiger partial charge is 0.194 e. The average Bonchev–Trinajstić information content (AvgIpc) is 2.93. The molecule has 0 spiro atoms. The molecule has 0 N–H and O–H groups in total. The normalized spacial score (nSPS) is 10.9. The molecule has 5 heteroatoms. The Hall–Kier alpha value is -1.94. The third-order valence-electron chi connectivity index (χ3n) is 2.49. The van der Waals surface area contributed by atoms with Gasteiger partial charge in [0.15, 0.2) is 22.4 Å². The van der Waals surface area contributed by atoms with Crippen LogP contribution < -0.4 is 4.74 Å². The molecule has 3 aromatic heterocycles. The van der Waals surface area contributed by atoms with Gasteiger partial charge < -0.3 is 13.6 Å². The fraction of sp³-hybridized carbons (Fsp3) is 0.0833. The second-order valence-corrected chi connectivity index (χ2v) is 3.91. The molecule has 86 valence electrons. The summed E-state index contributed by atoms with van der Waals surface area (Å²) in [4.78, 5) is 4.45. The Morgan fingerprint density at radius 2 is 2.24 bits per heavy atom. The fourth-order valence-corrected chi connectivity index (χ4v) is 1.86. The first-order valence-corrected chi connectivity index (χ1v) is 5.43. The number of hydrogen-bond acceptors (Lipinski definition) is 3. The van der Waals surface area contributed by atoms with Crippen molar-refractivity contribution in [3.05, 3.63) is 41.9 Å². The minimum atomic E-state index is 0.351. The van der Waals surface area contributed by atoms with E-state index in [4.69, 9.17) is 20.8 Å². The van der Waals surface area contributed by atoms with E-state index in [1.807, 2.05) is 28.9 Å². The van der Waals surface area contributed by atoms with Crippen molar-refractivity contribution in [3.63, 3.8) is 0 Å². The highest BCUT2D eigenvalue weighted by Crippen LogP contribution is 2.26. The summed E-state index contributed by atoms with van der Waals surface area (Å²) in [5, 5.41) is 0.351. The topological polar surface area (TPSA) is 39.7 Å². The van der Waals surface area contributed by atoms with Crippen molar-refractivity contribution in [1.29, 1.82) is 0 Å². The van der Waals surface area contributed by atoms with E-state index in [0.29, 0.717) is 11.0 Å². The molecule has 0 aromatic carbocycles. The van der Waals surface area contributed by atoms with Crippen LogP contribution in [0.25, 0.3) is 17.1 Å². The molecule has 3 rings (SSSR count). The maximum absolute atomic E-state index is 5.74. The molecule has 0 fully saturated rings. The standard InChI is InChI=1S/C12H9ClN2O2/c1-16-10-3-2-6-15-7-8(14-12(10)15)9-4-5-11(13)17-9/h2-7H,1H3. The lowest BCUT2D eigenvalue weighted by Crippen LogP contribution is -1.88. The van der Waals surface area contributed by atoms with Gasteiger partial charge in [0.05, 0.1) is 7.11 Å².